The molecule has 88 valence electrons. The summed E-state index contributed by atoms with van der Waals surface area (Å²) in [5.41, 5.74) is 5.23. The molecular weight excluding hydrogens is 214 g/mol. The van der Waals surface area contributed by atoms with E-state index in [9.17, 15) is 0 Å². The van der Waals surface area contributed by atoms with E-state index in [4.69, 9.17) is 9.53 Å². The molecular formula is C14H15NO2. The first-order valence-electron chi connectivity index (χ1n) is 5.12. The molecule has 3 heteroatoms. The maximum Gasteiger partial charge on any atom is 0.204 e. The number of ether oxygens (including phenoxy) is 1. The van der Waals surface area contributed by atoms with Crippen molar-refractivity contribution in [2.75, 3.05) is 7.11 Å². The van der Waals surface area contributed by atoms with E-state index in [2.05, 4.69) is 30.5 Å². The Kier molecular flexibility index (Phi) is 4.76. The lowest BCUT2D eigenvalue weighted by Crippen LogP contribution is -1.87. The van der Waals surface area contributed by atoms with Crippen LogP contribution in [0.2, 0.25) is 0 Å². The Labute approximate surface area is 101 Å². The van der Waals surface area contributed by atoms with E-state index in [-0.39, 0.29) is 6.41 Å². The fourth-order valence-electron chi connectivity index (χ4n) is 1.66. The number of carbonyl (C=O) groups excluding carboxylic acids is 1. The molecule has 0 fully saturated rings. The van der Waals surface area contributed by atoms with Gasteiger partial charge in [-0.2, -0.15) is 0 Å². The van der Waals surface area contributed by atoms with Crippen LogP contribution in [0.3, 0.4) is 0 Å². The molecule has 0 bridgehead atoms. The smallest absolute Gasteiger partial charge is 0.204 e. The van der Waals surface area contributed by atoms with Crippen molar-refractivity contribution >= 4 is 23.3 Å². The molecule has 0 saturated carbocycles. The molecule has 1 amide bonds. The standard InChI is InChI=1S/C13H12O.CH3NO/c1-3-11-12-7-5-4-6-10(12)8-9-13(11)14-2;2-1-3/h3-9H,1H2,2H3;1H,(H2,2,3). The number of primary amides is 1. The summed E-state index contributed by atoms with van der Waals surface area (Å²) >= 11 is 0. The number of amides is 1. The first-order chi connectivity index (χ1) is 8.28. The van der Waals surface area contributed by atoms with Crippen LogP contribution in [0.1, 0.15) is 5.56 Å². The molecule has 0 aliphatic carbocycles. The molecule has 0 spiro atoms. The second-order valence-electron chi connectivity index (χ2n) is 3.24. The number of nitrogens with two attached hydrogens (primary N) is 1. The molecule has 0 unspecified atom stereocenters. The molecule has 2 N–H and O–H groups in total. The van der Waals surface area contributed by atoms with Gasteiger partial charge in [-0.25, -0.2) is 0 Å². The highest BCUT2D eigenvalue weighted by atomic mass is 16.5. The zero-order valence-corrected chi connectivity index (χ0v) is 9.72. The Morgan fingerprint density at radius 1 is 1.24 bits per heavy atom. The van der Waals surface area contributed by atoms with Crippen LogP contribution in [0.25, 0.3) is 16.8 Å². The number of hydrogen-bond acceptors (Lipinski definition) is 2. The van der Waals surface area contributed by atoms with E-state index in [1.54, 1.807) is 7.11 Å². The number of fused-ring (bicyclic) bond motifs is 1. The van der Waals surface area contributed by atoms with Gasteiger partial charge in [-0.3, -0.25) is 4.79 Å². The van der Waals surface area contributed by atoms with Gasteiger partial charge in [-0.1, -0.05) is 43.0 Å². The van der Waals surface area contributed by atoms with Crippen LogP contribution in [0.15, 0.2) is 43.0 Å². The number of hydrogen-bond donors (Lipinski definition) is 1. The lowest BCUT2D eigenvalue weighted by Gasteiger charge is -2.07. The Bertz CT molecular complexity index is 521. The molecule has 0 aliphatic heterocycles. The van der Waals surface area contributed by atoms with Gasteiger partial charge in [0.15, 0.2) is 0 Å². The highest BCUT2D eigenvalue weighted by Crippen LogP contribution is 2.28. The Morgan fingerprint density at radius 3 is 2.47 bits per heavy atom. The molecule has 0 saturated heterocycles. The van der Waals surface area contributed by atoms with Gasteiger partial charge < -0.3 is 10.5 Å². The van der Waals surface area contributed by atoms with Gasteiger partial charge in [0.05, 0.1) is 7.11 Å². The predicted octanol–water partition coefficient (Wildman–Crippen LogP) is 2.59. The Morgan fingerprint density at radius 2 is 1.88 bits per heavy atom. The third-order valence-corrected chi connectivity index (χ3v) is 2.35. The van der Waals surface area contributed by atoms with E-state index in [1.807, 2.05) is 24.3 Å². The summed E-state index contributed by atoms with van der Waals surface area (Å²) in [4.78, 5) is 8.58. The monoisotopic (exact) mass is 229 g/mol. The van der Waals surface area contributed by atoms with Crippen LogP contribution < -0.4 is 10.5 Å². The van der Waals surface area contributed by atoms with Crippen molar-refractivity contribution in [3.05, 3.63) is 48.5 Å². The van der Waals surface area contributed by atoms with Crippen LogP contribution >= 0.6 is 0 Å². The van der Waals surface area contributed by atoms with Crippen molar-refractivity contribution < 1.29 is 9.53 Å². The summed E-state index contributed by atoms with van der Waals surface area (Å²) in [5, 5.41) is 2.39. The quantitative estimate of drug-likeness (QED) is 0.805. The largest absolute Gasteiger partial charge is 0.496 e. The van der Waals surface area contributed by atoms with E-state index in [1.165, 1.54) is 10.8 Å². The Balaban J connectivity index is 0.000000437. The summed E-state index contributed by atoms with van der Waals surface area (Å²) in [6, 6.07) is 12.2. The normalized spacial score (nSPS) is 9.00. The minimum atomic E-state index is 0.250. The second kappa shape index (κ2) is 6.33. The van der Waals surface area contributed by atoms with E-state index in [0.29, 0.717) is 0 Å². The molecule has 0 atom stereocenters. The van der Waals surface area contributed by atoms with Crippen molar-refractivity contribution in [2.45, 2.75) is 0 Å². The van der Waals surface area contributed by atoms with Gasteiger partial charge in [0, 0.05) is 5.56 Å². The van der Waals surface area contributed by atoms with Crippen molar-refractivity contribution in [2.24, 2.45) is 5.73 Å². The first kappa shape index (κ1) is 12.8. The summed E-state index contributed by atoms with van der Waals surface area (Å²) in [5.74, 6) is 0.874. The minimum Gasteiger partial charge on any atom is -0.496 e. The SMILES string of the molecule is C=Cc1c(OC)ccc2ccccc12.NC=O. The van der Waals surface area contributed by atoms with Gasteiger partial charge >= 0.3 is 0 Å². The van der Waals surface area contributed by atoms with Crippen LogP contribution in [-0.2, 0) is 4.79 Å². The molecule has 2 aromatic rings. The Hall–Kier alpha value is -2.29. The third kappa shape index (κ3) is 2.84. The topological polar surface area (TPSA) is 52.3 Å². The van der Waals surface area contributed by atoms with Gasteiger partial charge in [-0.15, -0.1) is 0 Å². The van der Waals surface area contributed by atoms with E-state index >= 15 is 0 Å². The fraction of sp³-hybridized carbons (Fsp3) is 0.0714. The summed E-state index contributed by atoms with van der Waals surface area (Å²) in [7, 11) is 1.68. The van der Waals surface area contributed by atoms with Crippen molar-refractivity contribution in [3.63, 3.8) is 0 Å². The van der Waals surface area contributed by atoms with Gasteiger partial charge in [0.2, 0.25) is 6.41 Å². The molecule has 0 heterocycles. The average molecular weight is 229 g/mol. The highest BCUT2D eigenvalue weighted by molar-refractivity contribution is 5.92. The third-order valence-electron chi connectivity index (χ3n) is 2.35. The number of carbonyl (C=O) groups is 1. The van der Waals surface area contributed by atoms with Crippen LogP contribution in [0.5, 0.6) is 5.75 Å². The summed E-state index contributed by atoms with van der Waals surface area (Å²) in [6.45, 7) is 3.81. The van der Waals surface area contributed by atoms with Crippen LogP contribution in [-0.4, -0.2) is 13.5 Å². The van der Waals surface area contributed by atoms with Crippen molar-refractivity contribution in [3.8, 4) is 5.75 Å². The fourth-order valence-corrected chi connectivity index (χ4v) is 1.66. The predicted molar refractivity (Wildman–Crippen MR) is 70.8 cm³/mol. The van der Waals surface area contributed by atoms with Crippen LogP contribution in [0, 0.1) is 0 Å². The first-order valence-corrected chi connectivity index (χ1v) is 5.12. The maximum atomic E-state index is 8.58. The summed E-state index contributed by atoms with van der Waals surface area (Å²) < 4.78 is 5.27. The van der Waals surface area contributed by atoms with Gasteiger partial charge in [0.1, 0.15) is 5.75 Å². The maximum absolute atomic E-state index is 8.58. The summed E-state index contributed by atoms with van der Waals surface area (Å²) in [6.07, 6.45) is 2.08. The number of benzene rings is 2. The second-order valence-corrected chi connectivity index (χ2v) is 3.24. The minimum absolute atomic E-state index is 0.250. The molecule has 0 radical (unpaired) electrons. The molecule has 17 heavy (non-hydrogen) atoms. The van der Waals surface area contributed by atoms with E-state index < -0.39 is 0 Å². The lowest BCUT2D eigenvalue weighted by atomic mass is 10.0. The van der Waals surface area contributed by atoms with Gasteiger partial charge in [0.25, 0.3) is 0 Å². The lowest BCUT2D eigenvalue weighted by molar-refractivity contribution is -0.106. The average Bonchev–Trinajstić information content (AvgIpc) is 2.38. The zero-order chi connectivity index (χ0) is 12.7. The van der Waals surface area contributed by atoms with Gasteiger partial charge in [-0.05, 0) is 16.8 Å². The molecule has 2 aromatic carbocycles. The number of methoxy groups -OCH3 is 1. The van der Waals surface area contributed by atoms with Crippen LogP contribution in [0.4, 0.5) is 0 Å². The molecule has 0 aliphatic rings. The molecule has 3 nitrogen and oxygen atoms in total. The van der Waals surface area contributed by atoms with E-state index in [0.717, 1.165) is 11.3 Å². The number of rotatable bonds is 2. The van der Waals surface area contributed by atoms with Crippen molar-refractivity contribution in [1.82, 2.24) is 0 Å². The van der Waals surface area contributed by atoms with Crippen molar-refractivity contribution in [1.29, 1.82) is 0 Å². The molecule has 0 aromatic heterocycles. The molecule has 2 rings (SSSR count). The zero-order valence-electron chi connectivity index (χ0n) is 9.72. The highest BCUT2D eigenvalue weighted by Gasteiger charge is 2.03.